The first kappa shape index (κ1) is 18.3. The maximum Gasteiger partial charge on any atom is 0.251 e. The van der Waals surface area contributed by atoms with Gasteiger partial charge in [-0.15, -0.1) is 0 Å². The number of aromatic nitrogens is 3. The van der Waals surface area contributed by atoms with Gasteiger partial charge in [0.2, 0.25) is 0 Å². The van der Waals surface area contributed by atoms with Gasteiger partial charge in [0.1, 0.15) is 0 Å². The minimum atomic E-state index is -0.0865. The zero-order chi connectivity index (χ0) is 19.5. The van der Waals surface area contributed by atoms with Crippen molar-refractivity contribution < 1.29 is 4.79 Å². The average molecular weight is 394 g/mol. The van der Waals surface area contributed by atoms with Crippen molar-refractivity contribution in [1.82, 2.24) is 19.9 Å². The van der Waals surface area contributed by atoms with Crippen LogP contribution in [0.3, 0.4) is 0 Å². The van der Waals surface area contributed by atoms with Crippen molar-refractivity contribution in [2.24, 2.45) is 7.05 Å². The third-order valence-corrected chi connectivity index (χ3v) is 4.88. The highest BCUT2D eigenvalue weighted by molar-refractivity contribution is 6.31. The van der Waals surface area contributed by atoms with Gasteiger partial charge in [-0.25, -0.2) is 4.98 Å². The second kappa shape index (κ2) is 7.86. The Morgan fingerprint density at radius 2 is 1.96 bits per heavy atom. The fraction of sp³-hybridized carbons (Fsp3) is 0.190. The van der Waals surface area contributed by atoms with Crippen molar-refractivity contribution >= 4 is 45.1 Å². The molecule has 2 N–H and O–H groups in total. The summed E-state index contributed by atoms with van der Waals surface area (Å²) >= 11 is 6.02. The first-order valence-electron chi connectivity index (χ1n) is 9.09. The van der Waals surface area contributed by atoms with Crippen LogP contribution in [0.2, 0.25) is 5.02 Å². The van der Waals surface area contributed by atoms with Crippen LogP contribution in [0.25, 0.3) is 21.9 Å². The molecule has 0 aliphatic heterocycles. The minimum Gasteiger partial charge on any atom is -0.384 e. The second-order valence-corrected chi connectivity index (χ2v) is 7.05. The summed E-state index contributed by atoms with van der Waals surface area (Å²) in [6, 6.07) is 13.2. The summed E-state index contributed by atoms with van der Waals surface area (Å²) in [5.41, 5.74) is 4.31. The lowest BCUT2D eigenvalue weighted by molar-refractivity contribution is 0.0953. The molecule has 2 heterocycles. The van der Waals surface area contributed by atoms with E-state index >= 15 is 0 Å². The van der Waals surface area contributed by atoms with E-state index in [0.29, 0.717) is 17.1 Å². The molecule has 142 valence electrons. The van der Waals surface area contributed by atoms with E-state index in [-0.39, 0.29) is 5.91 Å². The van der Waals surface area contributed by atoms with E-state index in [9.17, 15) is 4.79 Å². The monoisotopic (exact) mass is 393 g/mol. The van der Waals surface area contributed by atoms with E-state index in [1.165, 1.54) is 0 Å². The topological polar surface area (TPSA) is 71.8 Å². The summed E-state index contributed by atoms with van der Waals surface area (Å²) in [5.74, 6) is -0.0865. The molecule has 0 unspecified atom stereocenters. The van der Waals surface area contributed by atoms with E-state index in [0.717, 1.165) is 40.6 Å². The maximum absolute atomic E-state index is 12.3. The Balaban J connectivity index is 1.30. The smallest absolute Gasteiger partial charge is 0.251 e. The van der Waals surface area contributed by atoms with Crippen LogP contribution in [-0.4, -0.2) is 33.5 Å². The quantitative estimate of drug-likeness (QED) is 0.485. The number of hydrogen-bond acceptors (Lipinski definition) is 4. The molecule has 0 saturated carbocycles. The highest BCUT2D eigenvalue weighted by Gasteiger charge is 2.08. The number of amides is 1. The first-order chi connectivity index (χ1) is 13.6. The Morgan fingerprint density at radius 3 is 2.86 bits per heavy atom. The lowest BCUT2D eigenvalue weighted by Crippen LogP contribution is -2.25. The number of nitrogens with zero attached hydrogens (tertiary/aromatic N) is 3. The number of fused-ring (bicyclic) bond motifs is 2. The molecule has 0 aliphatic carbocycles. The molecule has 0 spiro atoms. The predicted octanol–water partition coefficient (Wildman–Crippen LogP) is 4.01. The van der Waals surface area contributed by atoms with Gasteiger partial charge in [0.25, 0.3) is 5.91 Å². The Labute approximate surface area is 167 Å². The van der Waals surface area contributed by atoms with Crippen LogP contribution in [0.4, 0.5) is 5.69 Å². The summed E-state index contributed by atoms with van der Waals surface area (Å²) < 4.78 is 1.93. The molecule has 0 aliphatic rings. The number of rotatable bonds is 6. The third-order valence-electron chi connectivity index (χ3n) is 4.65. The van der Waals surface area contributed by atoms with Crippen molar-refractivity contribution in [3.8, 4) is 0 Å². The van der Waals surface area contributed by atoms with E-state index in [1.807, 2.05) is 54.1 Å². The number of anilines is 1. The number of nitrogens with one attached hydrogen (secondary N) is 2. The van der Waals surface area contributed by atoms with Gasteiger partial charge in [-0.2, -0.15) is 0 Å². The molecule has 0 bridgehead atoms. The van der Waals surface area contributed by atoms with Crippen LogP contribution in [0.15, 0.2) is 55.0 Å². The van der Waals surface area contributed by atoms with E-state index < -0.39 is 0 Å². The van der Waals surface area contributed by atoms with Crippen molar-refractivity contribution in [2.75, 3.05) is 18.4 Å². The van der Waals surface area contributed by atoms with Crippen molar-refractivity contribution in [3.63, 3.8) is 0 Å². The normalized spacial score (nSPS) is 11.1. The Hall–Kier alpha value is -3.12. The van der Waals surface area contributed by atoms with E-state index in [2.05, 4.69) is 20.6 Å². The summed E-state index contributed by atoms with van der Waals surface area (Å²) in [6.07, 6.45) is 4.31. The van der Waals surface area contributed by atoms with E-state index in [4.69, 9.17) is 11.6 Å². The Bertz CT molecular complexity index is 1150. The van der Waals surface area contributed by atoms with Crippen molar-refractivity contribution in [3.05, 3.63) is 65.6 Å². The Kier molecular flexibility index (Phi) is 5.12. The number of halogens is 1. The molecule has 28 heavy (non-hydrogen) atoms. The summed E-state index contributed by atoms with van der Waals surface area (Å²) in [6.45, 7) is 1.32. The number of aryl methyl sites for hydroxylation is 1. The van der Waals surface area contributed by atoms with Crippen LogP contribution in [-0.2, 0) is 7.05 Å². The predicted molar refractivity (Wildman–Crippen MR) is 113 cm³/mol. The average Bonchev–Trinajstić information content (AvgIpc) is 3.07. The van der Waals surface area contributed by atoms with E-state index in [1.54, 1.807) is 12.5 Å². The largest absolute Gasteiger partial charge is 0.384 e. The van der Waals surface area contributed by atoms with Gasteiger partial charge in [0.05, 0.1) is 22.9 Å². The molecular weight excluding hydrogens is 374 g/mol. The van der Waals surface area contributed by atoms with Crippen LogP contribution in [0.1, 0.15) is 16.8 Å². The Morgan fingerprint density at radius 1 is 1.07 bits per heavy atom. The van der Waals surface area contributed by atoms with Crippen LogP contribution < -0.4 is 10.6 Å². The number of imidazole rings is 1. The van der Waals surface area contributed by atoms with Gasteiger partial charge in [-0.3, -0.25) is 9.78 Å². The minimum absolute atomic E-state index is 0.0865. The van der Waals surface area contributed by atoms with Gasteiger partial charge >= 0.3 is 0 Å². The lowest BCUT2D eigenvalue weighted by Gasteiger charge is -2.10. The molecule has 0 fully saturated rings. The zero-order valence-corrected chi connectivity index (χ0v) is 16.2. The van der Waals surface area contributed by atoms with Crippen LogP contribution >= 0.6 is 11.6 Å². The molecule has 4 rings (SSSR count). The molecule has 0 saturated heterocycles. The highest BCUT2D eigenvalue weighted by Crippen LogP contribution is 2.24. The molecule has 0 radical (unpaired) electrons. The molecule has 6 nitrogen and oxygen atoms in total. The lowest BCUT2D eigenvalue weighted by atomic mass is 10.2. The number of carbonyl (C=O) groups excluding carboxylic acids is 1. The number of benzene rings is 2. The number of hydrogen-bond donors (Lipinski definition) is 2. The SMILES string of the molecule is Cn1cnc2cc(C(=O)NCCCNc3ccnc4cc(Cl)ccc34)ccc21. The first-order valence-corrected chi connectivity index (χ1v) is 9.47. The molecule has 2 aromatic carbocycles. The fourth-order valence-corrected chi connectivity index (χ4v) is 3.33. The van der Waals surface area contributed by atoms with Crippen molar-refractivity contribution in [2.45, 2.75) is 6.42 Å². The third kappa shape index (κ3) is 3.77. The maximum atomic E-state index is 12.3. The standard InChI is InChI=1S/C21H20ClN5O/c1-27-13-26-19-11-14(3-6-20(19)27)21(28)25-9-2-8-23-17-7-10-24-18-12-15(22)4-5-16(17)18/h3-7,10-13H,2,8-9H2,1H3,(H,23,24)(H,25,28). The van der Waals surface area contributed by atoms with Gasteiger partial charge < -0.3 is 15.2 Å². The zero-order valence-electron chi connectivity index (χ0n) is 15.4. The number of pyridine rings is 1. The van der Waals surface area contributed by atoms with Gasteiger partial charge in [0.15, 0.2) is 0 Å². The molecule has 7 heteroatoms. The fourth-order valence-electron chi connectivity index (χ4n) is 3.17. The van der Waals surface area contributed by atoms with Gasteiger partial charge in [-0.1, -0.05) is 11.6 Å². The second-order valence-electron chi connectivity index (χ2n) is 6.62. The van der Waals surface area contributed by atoms with Gasteiger partial charge in [0, 0.05) is 48.0 Å². The van der Waals surface area contributed by atoms with Crippen LogP contribution in [0.5, 0.6) is 0 Å². The summed E-state index contributed by atoms with van der Waals surface area (Å²) in [4.78, 5) is 21.0. The molecule has 2 aromatic heterocycles. The van der Waals surface area contributed by atoms with Crippen LogP contribution in [0, 0.1) is 0 Å². The molecular formula is C21H20ClN5O. The number of carbonyl (C=O) groups is 1. The molecule has 0 atom stereocenters. The molecule has 4 aromatic rings. The summed E-state index contributed by atoms with van der Waals surface area (Å²) in [7, 11) is 1.93. The van der Waals surface area contributed by atoms with Gasteiger partial charge in [-0.05, 0) is 48.9 Å². The highest BCUT2D eigenvalue weighted by atomic mass is 35.5. The summed E-state index contributed by atoms with van der Waals surface area (Å²) in [5, 5.41) is 8.06. The molecule has 1 amide bonds. The van der Waals surface area contributed by atoms with Crippen molar-refractivity contribution in [1.29, 1.82) is 0 Å².